The molecule has 0 atom stereocenters. The Morgan fingerprint density at radius 2 is 1.92 bits per heavy atom. The Kier molecular flexibility index (Phi) is 4.79. The maximum atomic E-state index is 13.1. The first-order valence-electron chi connectivity index (χ1n) is 7.88. The predicted molar refractivity (Wildman–Crippen MR) is 91.1 cm³/mol. The van der Waals surface area contributed by atoms with Crippen molar-refractivity contribution in [1.29, 1.82) is 0 Å². The molecule has 0 unspecified atom stereocenters. The number of carbonyl (C=O) groups is 2. The number of likely N-dealkylation sites (N-methyl/N-ethyl adjacent to an activating group) is 1. The third kappa shape index (κ3) is 3.85. The Balaban J connectivity index is 1.65. The van der Waals surface area contributed by atoms with Crippen LogP contribution in [-0.4, -0.2) is 23.4 Å². The molecular weight excluding hydrogens is 323 g/mol. The Hall–Kier alpha value is -3.15. The van der Waals surface area contributed by atoms with Crippen molar-refractivity contribution < 1.29 is 18.7 Å². The topological polar surface area (TPSA) is 58.6 Å². The summed E-state index contributed by atoms with van der Waals surface area (Å²) >= 11 is 0. The normalized spacial score (nSPS) is 15.6. The Bertz CT molecular complexity index is 831. The highest BCUT2D eigenvalue weighted by molar-refractivity contribution is 6.13. The van der Waals surface area contributed by atoms with Gasteiger partial charge in [0.25, 0.3) is 5.91 Å². The molecule has 1 fully saturated rings. The van der Waals surface area contributed by atoms with E-state index >= 15 is 0 Å². The Labute approximate surface area is 144 Å². The molecule has 0 aromatic heterocycles. The summed E-state index contributed by atoms with van der Waals surface area (Å²) in [6.07, 6.45) is 1.62. The average molecular weight is 340 g/mol. The number of hydrogen-bond donors (Lipinski definition) is 1. The van der Waals surface area contributed by atoms with Crippen LogP contribution >= 0.6 is 0 Å². The number of ether oxygens (including phenoxy) is 1. The first-order chi connectivity index (χ1) is 12.1. The van der Waals surface area contributed by atoms with Crippen LogP contribution in [0.4, 0.5) is 9.18 Å². The van der Waals surface area contributed by atoms with E-state index in [1.165, 1.54) is 12.1 Å². The van der Waals surface area contributed by atoms with Gasteiger partial charge < -0.3 is 10.1 Å². The van der Waals surface area contributed by atoms with E-state index in [4.69, 9.17) is 4.74 Å². The number of imide groups is 1. The van der Waals surface area contributed by atoms with Crippen LogP contribution in [0.1, 0.15) is 18.1 Å². The second-order valence-corrected chi connectivity index (χ2v) is 5.53. The van der Waals surface area contributed by atoms with Gasteiger partial charge in [-0.1, -0.05) is 24.3 Å². The summed E-state index contributed by atoms with van der Waals surface area (Å²) in [6, 6.07) is 12.9. The van der Waals surface area contributed by atoms with Crippen molar-refractivity contribution in [2.24, 2.45) is 0 Å². The number of hydrogen-bond acceptors (Lipinski definition) is 3. The van der Waals surface area contributed by atoms with E-state index in [0.29, 0.717) is 12.3 Å². The highest BCUT2D eigenvalue weighted by atomic mass is 19.1. The highest BCUT2D eigenvalue weighted by Gasteiger charge is 2.31. The molecule has 3 rings (SSSR count). The van der Waals surface area contributed by atoms with Crippen LogP contribution in [-0.2, 0) is 11.4 Å². The number of benzene rings is 2. The smallest absolute Gasteiger partial charge is 0.328 e. The van der Waals surface area contributed by atoms with E-state index in [1.807, 2.05) is 0 Å². The molecule has 1 aliphatic heterocycles. The lowest BCUT2D eigenvalue weighted by Gasteiger charge is -2.07. The number of nitrogens with one attached hydrogen (secondary N) is 1. The fourth-order valence-corrected chi connectivity index (χ4v) is 2.48. The lowest BCUT2D eigenvalue weighted by molar-refractivity contribution is -0.122. The molecule has 1 N–H and O–H groups in total. The zero-order valence-corrected chi connectivity index (χ0v) is 13.7. The summed E-state index contributed by atoms with van der Waals surface area (Å²) in [6.45, 7) is 2.33. The van der Waals surface area contributed by atoms with E-state index in [0.717, 1.165) is 16.0 Å². The van der Waals surface area contributed by atoms with Crippen LogP contribution in [0.2, 0.25) is 0 Å². The Morgan fingerprint density at radius 3 is 2.56 bits per heavy atom. The van der Waals surface area contributed by atoms with Gasteiger partial charge in [0, 0.05) is 6.54 Å². The summed E-state index contributed by atoms with van der Waals surface area (Å²) in [4.78, 5) is 24.8. The van der Waals surface area contributed by atoms with Crippen LogP contribution in [0, 0.1) is 5.82 Å². The lowest BCUT2D eigenvalue weighted by Crippen LogP contribution is -2.30. The molecule has 5 nitrogen and oxygen atoms in total. The monoisotopic (exact) mass is 340 g/mol. The van der Waals surface area contributed by atoms with E-state index < -0.39 is 6.03 Å². The summed E-state index contributed by atoms with van der Waals surface area (Å²) in [5.41, 5.74) is 1.75. The van der Waals surface area contributed by atoms with Crippen molar-refractivity contribution >= 4 is 18.0 Å². The van der Waals surface area contributed by atoms with Crippen molar-refractivity contribution in [2.45, 2.75) is 13.5 Å². The Morgan fingerprint density at radius 1 is 1.16 bits per heavy atom. The molecule has 2 aromatic carbocycles. The van der Waals surface area contributed by atoms with Crippen molar-refractivity contribution in [3.8, 4) is 5.75 Å². The van der Waals surface area contributed by atoms with Crippen molar-refractivity contribution in [2.75, 3.05) is 6.54 Å². The summed E-state index contributed by atoms with van der Waals surface area (Å²) in [7, 11) is 0. The minimum Gasteiger partial charge on any atom is -0.489 e. The molecule has 1 heterocycles. The maximum Gasteiger partial charge on any atom is 0.328 e. The van der Waals surface area contributed by atoms with Gasteiger partial charge in [0.05, 0.1) is 0 Å². The molecule has 0 aliphatic carbocycles. The molecule has 3 amide bonds. The molecule has 0 radical (unpaired) electrons. The number of urea groups is 1. The molecule has 0 spiro atoms. The lowest BCUT2D eigenvalue weighted by atomic mass is 10.2. The summed E-state index contributed by atoms with van der Waals surface area (Å²) < 4.78 is 18.7. The predicted octanol–water partition coefficient (Wildman–Crippen LogP) is 3.32. The van der Waals surface area contributed by atoms with Gasteiger partial charge in [-0.3, -0.25) is 9.69 Å². The first kappa shape index (κ1) is 16.7. The standard InChI is InChI=1S/C19H17FN2O3/c1-2-22-18(23)17(21-19(22)24)11-13-6-8-16(9-7-13)25-12-14-4-3-5-15(20)10-14/h3-11H,2,12H2,1H3,(H,21,24). The molecule has 0 saturated carbocycles. The van der Waals surface area contributed by atoms with Gasteiger partial charge in [0.2, 0.25) is 0 Å². The van der Waals surface area contributed by atoms with Gasteiger partial charge in [-0.2, -0.15) is 0 Å². The quantitative estimate of drug-likeness (QED) is 0.671. The van der Waals surface area contributed by atoms with E-state index in [1.54, 1.807) is 49.4 Å². The molecule has 25 heavy (non-hydrogen) atoms. The number of carbonyl (C=O) groups excluding carboxylic acids is 2. The number of nitrogens with zero attached hydrogens (tertiary/aromatic N) is 1. The van der Waals surface area contributed by atoms with Gasteiger partial charge in [-0.25, -0.2) is 9.18 Å². The summed E-state index contributed by atoms with van der Waals surface area (Å²) in [5.74, 6) is -0.00483. The molecule has 128 valence electrons. The largest absolute Gasteiger partial charge is 0.489 e. The van der Waals surface area contributed by atoms with Crippen molar-refractivity contribution in [3.63, 3.8) is 0 Å². The summed E-state index contributed by atoms with van der Waals surface area (Å²) in [5, 5.41) is 2.55. The van der Waals surface area contributed by atoms with Crippen LogP contribution in [0.15, 0.2) is 54.2 Å². The third-order valence-electron chi connectivity index (χ3n) is 3.76. The minimum absolute atomic E-state index is 0.250. The van der Waals surface area contributed by atoms with Crippen LogP contribution in [0.3, 0.4) is 0 Å². The van der Waals surface area contributed by atoms with Crippen LogP contribution in [0.5, 0.6) is 5.75 Å². The van der Waals surface area contributed by atoms with Gasteiger partial charge in [0.15, 0.2) is 0 Å². The van der Waals surface area contributed by atoms with Crippen molar-refractivity contribution in [3.05, 3.63) is 71.2 Å². The molecule has 0 bridgehead atoms. The van der Waals surface area contributed by atoms with Gasteiger partial charge in [0.1, 0.15) is 23.9 Å². The van der Waals surface area contributed by atoms with Crippen molar-refractivity contribution in [1.82, 2.24) is 10.2 Å². The highest BCUT2D eigenvalue weighted by Crippen LogP contribution is 2.18. The van der Waals surface area contributed by atoms with E-state index in [-0.39, 0.29) is 24.0 Å². The zero-order chi connectivity index (χ0) is 17.8. The fourth-order valence-electron chi connectivity index (χ4n) is 2.48. The second-order valence-electron chi connectivity index (χ2n) is 5.53. The van der Waals surface area contributed by atoms with Gasteiger partial charge in [-0.05, 0) is 48.4 Å². The number of halogens is 1. The molecule has 2 aromatic rings. The molecule has 6 heteroatoms. The second kappa shape index (κ2) is 7.17. The first-order valence-corrected chi connectivity index (χ1v) is 7.88. The van der Waals surface area contributed by atoms with E-state index in [2.05, 4.69) is 5.32 Å². The number of amides is 3. The zero-order valence-electron chi connectivity index (χ0n) is 13.7. The average Bonchev–Trinajstić information content (AvgIpc) is 2.87. The van der Waals surface area contributed by atoms with Crippen LogP contribution < -0.4 is 10.1 Å². The molecule has 1 aliphatic rings. The maximum absolute atomic E-state index is 13.1. The molecule has 1 saturated heterocycles. The van der Waals surface area contributed by atoms with Gasteiger partial charge >= 0.3 is 6.03 Å². The number of rotatable bonds is 5. The fraction of sp³-hybridized carbons (Fsp3) is 0.158. The minimum atomic E-state index is -0.409. The van der Waals surface area contributed by atoms with Gasteiger partial charge in [-0.15, -0.1) is 0 Å². The SMILES string of the molecule is CCN1C(=O)NC(=Cc2ccc(OCc3cccc(F)c3)cc2)C1=O. The molecular formula is C19H17FN2O3. The van der Waals surface area contributed by atoms with E-state index in [9.17, 15) is 14.0 Å². The third-order valence-corrected chi connectivity index (χ3v) is 3.76. The van der Waals surface area contributed by atoms with Crippen LogP contribution in [0.25, 0.3) is 6.08 Å².